The first kappa shape index (κ1) is 35.1. The maximum Gasteiger partial charge on any atom is 0.243 e. The van der Waals surface area contributed by atoms with Gasteiger partial charge in [0.15, 0.2) is 5.96 Å². The van der Waals surface area contributed by atoms with Crippen LogP contribution in [-0.4, -0.2) is 48.1 Å². The highest BCUT2D eigenvalue weighted by molar-refractivity contribution is 5.96. The highest BCUT2D eigenvalue weighted by atomic mass is 16.2. The Hall–Kier alpha value is -6.23. The van der Waals surface area contributed by atoms with Crippen LogP contribution in [0.2, 0.25) is 0 Å². The molecular formula is C39H42N8O3. The van der Waals surface area contributed by atoms with Crippen molar-refractivity contribution < 1.29 is 14.4 Å². The number of nitrogens with zero attached hydrogens (tertiary/aromatic N) is 1. The van der Waals surface area contributed by atoms with Crippen molar-refractivity contribution in [3.8, 4) is 0 Å². The number of guanidine groups is 1. The minimum Gasteiger partial charge on any atom is -0.384 e. The number of carbonyl (C=O) groups is 3. The number of aliphatic imine (C=N–C) groups is 1. The molecule has 0 aromatic heterocycles. The van der Waals surface area contributed by atoms with E-state index in [1.54, 1.807) is 12.1 Å². The van der Waals surface area contributed by atoms with Crippen LogP contribution in [0.4, 0.5) is 0 Å². The Balaban J connectivity index is 1.46. The van der Waals surface area contributed by atoms with Gasteiger partial charge in [-0.1, -0.05) is 109 Å². The highest BCUT2D eigenvalue weighted by Gasteiger charge is 2.30. The zero-order valence-corrected chi connectivity index (χ0v) is 27.6. The average Bonchev–Trinajstić information content (AvgIpc) is 3.11. The average molecular weight is 671 g/mol. The lowest BCUT2D eigenvalue weighted by Gasteiger charge is -2.25. The minimum atomic E-state index is -1.04. The van der Waals surface area contributed by atoms with Crippen molar-refractivity contribution in [2.75, 3.05) is 6.54 Å². The van der Waals surface area contributed by atoms with Crippen molar-refractivity contribution in [2.24, 2.45) is 27.9 Å². The topological polar surface area (TPSA) is 216 Å². The lowest BCUT2D eigenvalue weighted by atomic mass is 9.89. The molecule has 1 unspecified atom stereocenters. The van der Waals surface area contributed by atoms with Crippen molar-refractivity contribution in [2.45, 2.75) is 43.7 Å². The third-order valence-corrected chi connectivity index (χ3v) is 8.69. The Bertz CT molecular complexity index is 2040. The van der Waals surface area contributed by atoms with E-state index in [0.29, 0.717) is 18.4 Å². The van der Waals surface area contributed by atoms with Crippen LogP contribution >= 0.6 is 0 Å². The molecule has 5 aromatic rings. The molecule has 0 heterocycles. The number of nitrogens with one attached hydrogen (secondary N) is 3. The Morgan fingerprint density at radius 3 is 1.84 bits per heavy atom. The van der Waals surface area contributed by atoms with Crippen LogP contribution in [0.15, 0.2) is 114 Å². The summed E-state index contributed by atoms with van der Waals surface area (Å²) in [5.74, 6) is -2.41. The quantitative estimate of drug-likeness (QED) is 0.0503. The molecule has 11 heteroatoms. The van der Waals surface area contributed by atoms with E-state index >= 15 is 0 Å². The summed E-state index contributed by atoms with van der Waals surface area (Å²) in [6.45, 7) is 0.264. The second-order valence-electron chi connectivity index (χ2n) is 12.3. The fourth-order valence-electron chi connectivity index (χ4n) is 5.99. The predicted octanol–water partition coefficient (Wildman–Crippen LogP) is 3.35. The molecule has 0 saturated carbocycles. The number of nitrogens with two attached hydrogens (primary N) is 4. The molecular weight excluding hydrogens is 628 g/mol. The van der Waals surface area contributed by atoms with Gasteiger partial charge in [0.2, 0.25) is 17.7 Å². The number of nitrogen functional groups attached to an aromatic ring is 1. The van der Waals surface area contributed by atoms with E-state index in [0.717, 1.165) is 38.2 Å². The number of rotatable bonds is 15. The summed E-state index contributed by atoms with van der Waals surface area (Å²) in [6.07, 6.45) is 1.10. The summed E-state index contributed by atoms with van der Waals surface area (Å²) in [4.78, 5) is 44.7. The molecule has 256 valence electrons. The Morgan fingerprint density at radius 2 is 1.22 bits per heavy atom. The Labute approximate surface area is 290 Å². The molecule has 0 aliphatic rings. The van der Waals surface area contributed by atoms with Crippen molar-refractivity contribution >= 4 is 51.1 Å². The Morgan fingerprint density at radius 1 is 0.640 bits per heavy atom. The fourth-order valence-corrected chi connectivity index (χ4v) is 5.99. The third kappa shape index (κ3) is 9.22. The van der Waals surface area contributed by atoms with Gasteiger partial charge in [0.25, 0.3) is 0 Å². The van der Waals surface area contributed by atoms with Gasteiger partial charge in [-0.25, -0.2) is 0 Å². The second kappa shape index (κ2) is 16.2. The normalized spacial score (nSPS) is 12.8. The summed E-state index contributed by atoms with van der Waals surface area (Å²) >= 11 is 0. The first-order chi connectivity index (χ1) is 24.1. The molecule has 0 aliphatic carbocycles. The number of benzene rings is 5. The SMILES string of the molecule is N=C(N)c1ccc(C[C@H](C(=O)N[C@@H](Cc2ccc3ccccc3c2)C(=O)NC(CCCN=C(N)N)C(N)=O)c2ccc3ccccc3c2)cc1. The monoisotopic (exact) mass is 670 g/mol. The van der Waals surface area contributed by atoms with Crippen LogP contribution in [0.1, 0.15) is 41.0 Å². The standard InChI is InChI=1S/C39H42N8O3/c40-35(41)28-15-11-24(12-16-28)21-32(31-18-17-27-7-2-4-9-30(27)23-31)37(49)47-34(22-25-13-14-26-6-1-3-8-29(26)20-25)38(50)46-33(36(42)48)10-5-19-45-39(43)44/h1-4,6-9,11-18,20,23,32-34H,5,10,19,21-22H2,(H3,40,41)(H2,42,48)(H,46,50)(H,47,49)(H4,43,44,45)/t32-,33?,34-/m0/s1. The van der Waals surface area contributed by atoms with Gasteiger partial charge >= 0.3 is 0 Å². The number of amides is 3. The summed E-state index contributed by atoms with van der Waals surface area (Å²) in [6, 6.07) is 32.7. The molecule has 50 heavy (non-hydrogen) atoms. The number of carbonyl (C=O) groups excluding carboxylic acids is 3. The van der Waals surface area contributed by atoms with Crippen molar-refractivity contribution in [3.63, 3.8) is 0 Å². The zero-order valence-electron chi connectivity index (χ0n) is 27.6. The summed E-state index contributed by atoms with van der Waals surface area (Å²) < 4.78 is 0. The van der Waals surface area contributed by atoms with Gasteiger partial charge in [-0.2, -0.15) is 0 Å². The van der Waals surface area contributed by atoms with Gasteiger partial charge in [0, 0.05) is 18.5 Å². The molecule has 0 aliphatic heterocycles. The molecule has 11 N–H and O–H groups in total. The smallest absolute Gasteiger partial charge is 0.243 e. The largest absolute Gasteiger partial charge is 0.384 e. The van der Waals surface area contributed by atoms with Gasteiger partial charge in [0.05, 0.1) is 5.92 Å². The van der Waals surface area contributed by atoms with Gasteiger partial charge in [-0.05, 0) is 57.5 Å². The van der Waals surface area contributed by atoms with Crippen molar-refractivity contribution in [1.82, 2.24) is 10.6 Å². The first-order valence-corrected chi connectivity index (χ1v) is 16.4. The van der Waals surface area contributed by atoms with Crippen LogP contribution in [0.5, 0.6) is 0 Å². The van der Waals surface area contributed by atoms with Crippen molar-refractivity contribution in [3.05, 3.63) is 131 Å². The van der Waals surface area contributed by atoms with E-state index in [-0.39, 0.29) is 37.1 Å². The number of fused-ring (bicyclic) bond motifs is 2. The molecule has 0 fully saturated rings. The Kier molecular flexibility index (Phi) is 11.4. The van der Waals surface area contributed by atoms with Crippen LogP contribution in [-0.2, 0) is 27.2 Å². The molecule has 11 nitrogen and oxygen atoms in total. The van der Waals surface area contributed by atoms with Crippen LogP contribution in [0, 0.1) is 5.41 Å². The molecule has 5 aromatic carbocycles. The highest BCUT2D eigenvalue weighted by Crippen LogP contribution is 2.26. The van der Waals surface area contributed by atoms with Gasteiger partial charge < -0.3 is 33.6 Å². The number of hydrogen-bond acceptors (Lipinski definition) is 5. The summed E-state index contributed by atoms with van der Waals surface area (Å²) in [7, 11) is 0. The number of hydrogen-bond donors (Lipinski definition) is 7. The maximum absolute atomic E-state index is 14.4. The van der Waals surface area contributed by atoms with Crippen LogP contribution in [0.25, 0.3) is 21.5 Å². The zero-order chi connectivity index (χ0) is 35.6. The lowest BCUT2D eigenvalue weighted by Crippen LogP contribution is -2.54. The summed E-state index contributed by atoms with van der Waals surface area (Å²) in [5.41, 5.74) is 25.2. The molecule has 0 spiro atoms. The number of primary amides is 1. The maximum atomic E-state index is 14.4. The molecule has 0 bridgehead atoms. The number of amidine groups is 1. The van der Waals surface area contributed by atoms with E-state index in [2.05, 4.69) is 15.6 Å². The van der Waals surface area contributed by atoms with E-state index in [4.69, 9.17) is 28.3 Å². The fraction of sp³-hybridized carbons (Fsp3) is 0.205. The molecule has 3 amide bonds. The summed E-state index contributed by atoms with van der Waals surface area (Å²) in [5, 5.41) is 17.6. The second-order valence-corrected chi connectivity index (χ2v) is 12.3. The third-order valence-electron chi connectivity index (χ3n) is 8.69. The van der Waals surface area contributed by atoms with E-state index < -0.39 is 29.8 Å². The van der Waals surface area contributed by atoms with Crippen molar-refractivity contribution in [1.29, 1.82) is 5.41 Å². The van der Waals surface area contributed by atoms with E-state index in [1.165, 1.54) is 0 Å². The molecule has 5 rings (SSSR count). The van der Waals surface area contributed by atoms with E-state index in [9.17, 15) is 14.4 Å². The van der Waals surface area contributed by atoms with E-state index in [1.807, 2.05) is 97.1 Å². The van der Waals surface area contributed by atoms with Crippen LogP contribution in [0.3, 0.4) is 0 Å². The molecule has 3 atom stereocenters. The van der Waals surface area contributed by atoms with Gasteiger partial charge in [-0.15, -0.1) is 0 Å². The molecule has 0 radical (unpaired) electrons. The molecule has 0 saturated heterocycles. The van der Waals surface area contributed by atoms with Gasteiger partial charge in [-0.3, -0.25) is 24.8 Å². The lowest BCUT2D eigenvalue weighted by molar-refractivity contribution is -0.131. The van der Waals surface area contributed by atoms with Crippen LogP contribution < -0.4 is 33.6 Å². The van der Waals surface area contributed by atoms with Gasteiger partial charge in [0.1, 0.15) is 17.9 Å². The minimum absolute atomic E-state index is 0.0478. The first-order valence-electron chi connectivity index (χ1n) is 16.4. The predicted molar refractivity (Wildman–Crippen MR) is 198 cm³/mol.